The average Bonchev–Trinajstić information content (AvgIpc) is 2.36. The minimum atomic E-state index is -0.701. The predicted octanol–water partition coefficient (Wildman–Crippen LogP) is 2.89. The molecule has 0 amide bonds. The zero-order valence-corrected chi connectivity index (χ0v) is 11.7. The minimum Gasteiger partial charge on any atom is -0.438 e. The Balaban J connectivity index is 2.30. The Hall–Kier alpha value is -1.46. The summed E-state index contributed by atoms with van der Waals surface area (Å²) in [5.74, 6) is 0.273. The summed E-state index contributed by atoms with van der Waals surface area (Å²) in [6.07, 6.45) is 0.973. The van der Waals surface area contributed by atoms with Crippen molar-refractivity contribution in [3.63, 3.8) is 0 Å². The zero-order chi connectivity index (χ0) is 14.3. The molecule has 0 saturated heterocycles. The first-order chi connectivity index (χ1) is 9.01. The third-order valence-corrected chi connectivity index (χ3v) is 2.80. The summed E-state index contributed by atoms with van der Waals surface area (Å²) in [6, 6.07) is 0. The van der Waals surface area contributed by atoms with Gasteiger partial charge in [0.25, 0.3) is 0 Å². The SMILES string of the molecule is COC(=O)OC1CCCC(OC(=O)OCC(C)C)C1. The molecule has 1 aliphatic rings. The molecular formula is C13H22O6. The highest BCUT2D eigenvalue weighted by Gasteiger charge is 2.28. The first kappa shape index (κ1) is 15.6. The maximum atomic E-state index is 11.4. The minimum absolute atomic E-state index is 0.260. The van der Waals surface area contributed by atoms with Crippen LogP contribution in [0.3, 0.4) is 0 Å². The molecule has 0 radical (unpaired) electrons. The molecular weight excluding hydrogens is 252 g/mol. The summed E-state index contributed by atoms with van der Waals surface area (Å²) < 4.78 is 19.6. The van der Waals surface area contributed by atoms with Crippen LogP contribution in [-0.2, 0) is 18.9 Å². The van der Waals surface area contributed by atoms with Crippen LogP contribution < -0.4 is 0 Å². The fourth-order valence-electron chi connectivity index (χ4n) is 1.91. The summed E-state index contributed by atoms with van der Waals surface area (Å²) >= 11 is 0. The van der Waals surface area contributed by atoms with Gasteiger partial charge in [0, 0.05) is 6.42 Å². The Morgan fingerprint density at radius 1 is 1.11 bits per heavy atom. The van der Waals surface area contributed by atoms with Crippen molar-refractivity contribution in [3.05, 3.63) is 0 Å². The first-order valence-electron chi connectivity index (χ1n) is 6.59. The monoisotopic (exact) mass is 274 g/mol. The average molecular weight is 274 g/mol. The van der Waals surface area contributed by atoms with Gasteiger partial charge in [-0.3, -0.25) is 0 Å². The molecule has 1 saturated carbocycles. The Morgan fingerprint density at radius 3 is 2.21 bits per heavy atom. The highest BCUT2D eigenvalue weighted by atomic mass is 16.7. The fourth-order valence-corrected chi connectivity index (χ4v) is 1.91. The molecule has 0 spiro atoms. The predicted molar refractivity (Wildman–Crippen MR) is 66.8 cm³/mol. The third-order valence-electron chi connectivity index (χ3n) is 2.80. The van der Waals surface area contributed by atoms with Crippen molar-refractivity contribution < 1.29 is 28.5 Å². The number of hydrogen-bond donors (Lipinski definition) is 0. The van der Waals surface area contributed by atoms with Gasteiger partial charge >= 0.3 is 12.3 Å². The maximum absolute atomic E-state index is 11.4. The van der Waals surface area contributed by atoms with Gasteiger partial charge in [-0.15, -0.1) is 0 Å². The van der Waals surface area contributed by atoms with Crippen LogP contribution in [0.2, 0.25) is 0 Å². The smallest absolute Gasteiger partial charge is 0.438 e. The molecule has 2 atom stereocenters. The molecule has 0 heterocycles. The van der Waals surface area contributed by atoms with E-state index in [0.717, 1.165) is 19.3 Å². The number of carbonyl (C=O) groups excluding carboxylic acids is 2. The van der Waals surface area contributed by atoms with E-state index in [1.54, 1.807) is 0 Å². The Bertz CT molecular complexity index is 302. The van der Waals surface area contributed by atoms with Gasteiger partial charge < -0.3 is 18.9 Å². The van der Waals surface area contributed by atoms with Crippen molar-refractivity contribution in [2.45, 2.75) is 51.7 Å². The number of carbonyl (C=O) groups is 2. The highest BCUT2D eigenvalue weighted by molar-refractivity contribution is 5.60. The van der Waals surface area contributed by atoms with Crippen LogP contribution in [0.4, 0.5) is 9.59 Å². The molecule has 6 nitrogen and oxygen atoms in total. The second kappa shape index (κ2) is 7.86. The molecule has 2 unspecified atom stereocenters. The van der Waals surface area contributed by atoms with E-state index in [-0.39, 0.29) is 18.1 Å². The number of ether oxygens (including phenoxy) is 4. The molecule has 1 rings (SSSR count). The van der Waals surface area contributed by atoms with Gasteiger partial charge in [0.05, 0.1) is 13.7 Å². The molecule has 110 valence electrons. The largest absolute Gasteiger partial charge is 0.508 e. The quantitative estimate of drug-likeness (QED) is 0.734. The van der Waals surface area contributed by atoms with Crippen molar-refractivity contribution in [1.82, 2.24) is 0 Å². The Labute approximate surface area is 113 Å². The van der Waals surface area contributed by atoms with Crippen molar-refractivity contribution in [2.24, 2.45) is 5.92 Å². The Kier molecular flexibility index (Phi) is 6.45. The topological polar surface area (TPSA) is 71.1 Å². The summed E-state index contributed by atoms with van der Waals surface area (Å²) in [4.78, 5) is 22.4. The van der Waals surface area contributed by atoms with Crippen molar-refractivity contribution in [3.8, 4) is 0 Å². The van der Waals surface area contributed by atoms with E-state index in [4.69, 9.17) is 14.2 Å². The molecule has 0 aromatic heterocycles. The lowest BCUT2D eigenvalue weighted by atomic mass is 9.95. The fraction of sp³-hybridized carbons (Fsp3) is 0.846. The lowest BCUT2D eigenvalue weighted by Crippen LogP contribution is -2.31. The number of rotatable bonds is 4. The standard InChI is InChI=1S/C13H22O6/c1-9(2)8-17-13(15)19-11-6-4-5-10(7-11)18-12(14)16-3/h9-11H,4-8H2,1-3H3. The van der Waals surface area contributed by atoms with E-state index in [9.17, 15) is 9.59 Å². The molecule has 0 aromatic rings. The molecule has 0 N–H and O–H groups in total. The molecule has 0 aromatic carbocycles. The van der Waals surface area contributed by atoms with E-state index < -0.39 is 12.3 Å². The van der Waals surface area contributed by atoms with Crippen LogP contribution in [0.15, 0.2) is 0 Å². The van der Waals surface area contributed by atoms with Gasteiger partial charge in [-0.05, 0) is 25.2 Å². The van der Waals surface area contributed by atoms with Gasteiger partial charge in [0.15, 0.2) is 0 Å². The third kappa shape index (κ3) is 6.31. The lowest BCUT2D eigenvalue weighted by Gasteiger charge is -2.27. The maximum Gasteiger partial charge on any atom is 0.508 e. The molecule has 1 fully saturated rings. The van der Waals surface area contributed by atoms with Crippen LogP contribution in [0.5, 0.6) is 0 Å². The van der Waals surface area contributed by atoms with Gasteiger partial charge in [-0.1, -0.05) is 13.8 Å². The van der Waals surface area contributed by atoms with Crippen LogP contribution in [0.25, 0.3) is 0 Å². The Morgan fingerprint density at radius 2 is 1.68 bits per heavy atom. The summed E-state index contributed by atoms with van der Waals surface area (Å²) in [5, 5.41) is 0. The van der Waals surface area contributed by atoms with Crippen LogP contribution in [0, 0.1) is 5.92 Å². The van der Waals surface area contributed by atoms with Crippen LogP contribution >= 0.6 is 0 Å². The van der Waals surface area contributed by atoms with E-state index in [1.165, 1.54) is 7.11 Å². The van der Waals surface area contributed by atoms with Gasteiger partial charge in [-0.2, -0.15) is 0 Å². The molecule has 1 aliphatic carbocycles. The van der Waals surface area contributed by atoms with Gasteiger partial charge in [-0.25, -0.2) is 9.59 Å². The van der Waals surface area contributed by atoms with E-state index >= 15 is 0 Å². The van der Waals surface area contributed by atoms with Crippen LogP contribution in [-0.4, -0.2) is 38.2 Å². The van der Waals surface area contributed by atoms with Gasteiger partial charge in [0.1, 0.15) is 12.2 Å². The van der Waals surface area contributed by atoms with Crippen molar-refractivity contribution >= 4 is 12.3 Å². The number of hydrogen-bond acceptors (Lipinski definition) is 6. The number of methoxy groups -OCH3 is 1. The second-order valence-corrected chi connectivity index (χ2v) is 5.06. The normalized spacial score (nSPS) is 22.7. The van der Waals surface area contributed by atoms with Crippen LogP contribution in [0.1, 0.15) is 39.5 Å². The molecule has 6 heteroatoms. The van der Waals surface area contributed by atoms with E-state index in [2.05, 4.69) is 4.74 Å². The molecule has 19 heavy (non-hydrogen) atoms. The summed E-state index contributed by atoms with van der Waals surface area (Å²) in [6.45, 7) is 4.25. The van der Waals surface area contributed by atoms with Crippen molar-refractivity contribution in [2.75, 3.05) is 13.7 Å². The lowest BCUT2D eigenvalue weighted by molar-refractivity contribution is -0.0328. The molecule has 0 aliphatic heterocycles. The highest BCUT2D eigenvalue weighted by Crippen LogP contribution is 2.24. The zero-order valence-electron chi connectivity index (χ0n) is 11.7. The van der Waals surface area contributed by atoms with Gasteiger partial charge in [0.2, 0.25) is 0 Å². The van der Waals surface area contributed by atoms with Crippen molar-refractivity contribution in [1.29, 1.82) is 0 Å². The van der Waals surface area contributed by atoms with E-state index in [1.807, 2.05) is 13.8 Å². The molecule has 0 bridgehead atoms. The van der Waals surface area contributed by atoms with E-state index in [0.29, 0.717) is 13.0 Å². The second-order valence-electron chi connectivity index (χ2n) is 5.06. The summed E-state index contributed by atoms with van der Waals surface area (Å²) in [7, 11) is 1.27. The first-order valence-corrected chi connectivity index (χ1v) is 6.59. The summed E-state index contributed by atoms with van der Waals surface area (Å²) in [5.41, 5.74) is 0.